The Bertz CT molecular complexity index is 1070. The standard InChI is InChI=1S/C23H23FN2O3S/c24-20-13-7-8-14-22(20)30(28,29)26-21(17-19-11-5-2-6-12-19)23(27)25-16-15-18-9-3-1-4-10-18/h1-14,21,26H,15-17H2,(H,25,27). The highest BCUT2D eigenvalue weighted by atomic mass is 32.2. The van der Waals surface area contributed by atoms with E-state index in [1.54, 1.807) is 0 Å². The van der Waals surface area contributed by atoms with E-state index in [1.165, 1.54) is 18.2 Å². The van der Waals surface area contributed by atoms with Crippen LogP contribution in [-0.2, 0) is 27.7 Å². The molecule has 3 aromatic rings. The molecule has 2 N–H and O–H groups in total. The van der Waals surface area contributed by atoms with Gasteiger partial charge in [0, 0.05) is 6.54 Å². The predicted octanol–water partition coefficient (Wildman–Crippen LogP) is 3.07. The molecule has 0 spiro atoms. The third-order valence-electron chi connectivity index (χ3n) is 4.58. The quantitative estimate of drug-likeness (QED) is 0.552. The summed E-state index contributed by atoms with van der Waals surface area (Å²) in [5.41, 5.74) is 1.85. The van der Waals surface area contributed by atoms with Crippen LogP contribution in [0.2, 0.25) is 0 Å². The zero-order valence-electron chi connectivity index (χ0n) is 16.3. The normalized spacial score (nSPS) is 12.3. The highest BCUT2D eigenvalue weighted by Crippen LogP contribution is 2.15. The SMILES string of the molecule is O=C(NCCc1ccccc1)C(Cc1ccccc1)NS(=O)(=O)c1ccccc1F. The summed E-state index contributed by atoms with van der Waals surface area (Å²) in [6, 6.07) is 22.7. The highest BCUT2D eigenvalue weighted by Gasteiger charge is 2.27. The van der Waals surface area contributed by atoms with Crippen LogP contribution < -0.4 is 10.0 Å². The first-order valence-electron chi connectivity index (χ1n) is 9.58. The first-order chi connectivity index (χ1) is 14.5. The molecule has 1 unspecified atom stereocenters. The largest absolute Gasteiger partial charge is 0.354 e. The Labute approximate surface area is 176 Å². The molecule has 0 saturated heterocycles. The Morgan fingerprint density at radius 2 is 1.40 bits per heavy atom. The van der Waals surface area contributed by atoms with E-state index in [0.29, 0.717) is 13.0 Å². The van der Waals surface area contributed by atoms with Crippen LogP contribution >= 0.6 is 0 Å². The Morgan fingerprint density at radius 1 is 0.833 bits per heavy atom. The van der Waals surface area contributed by atoms with Crippen LogP contribution in [0.5, 0.6) is 0 Å². The monoisotopic (exact) mass is 426 g/mol. The van der Waals surface area contributed by atoms with Crippen molar-refractivity contribution >= 4 is 15.9 Å². The van der Waals surface area contributed by atoms with Crippen LogP contribution in [-0.4, -0.2) is 26.9 Å². The molecule has 0 aliphatic carbocycles. The number of benzene rings is 3. The van der Waals surface area contributed by atoms with Crippen molar-refractivity contribution in [3.8, 4) is 0 Å². The van der Waals surface area contributed by atoms with Crippen LogP contribution in [0.3, 0.4) is 0 Å². The molecule has 1 atom stereocenters. The van der Waals surface area contributed by atoms with Gasteiger partial charge in [-0.15, -0.1) is 0 Å². The number of halogens is 1. The predicted molar refractivity (Wildman–Crippen MR) is 114 cm³/mol. The summed E-state index contributed by atoms with van der Waals surface area (Å²) in [4.78, 5) is 12.3. The summed E-state index contributed by atoms with van der Waals surface area (Å²) in [5.74, 6) is -1.33. The second-order valence-electron chi connectivity index (χ2n) is 6.82. The van der Waals surface area contributed by atoms with Crippen molar-refractivity contribution in [1.29, 1.82) is 0 Å². The summed E-state index contributed by atoms with van der Waals surface area (Å²) in [6.45, 7) is 0.357. The molecule has 0 aliphatic rings. The number of rotatable bonds is 9. The fourth-order valence-corrected chi connectivity index (χ4v) is 4.32. The van der Waals surface area contributed by atoms with Gasteiger partial charge < -0.3 is 5.32 Å². The van der Waals surface area contributed by atoms with Crippen molar-refractivity contribution in [2.75, 3.05) is 6.54 Å². The molecule has 0 bridgehead atoms. The highest BCUT2D eigenvalue weighted by molar-refractivity contribution is 7.89. The molecule has 156 valence electrons. The fourth-order valence-electron chi connectivity index (χ4n) is 3.05. The zero-order valence-corrected chi connectivity index (χ0v) is 17.1. The number of nitrogens with one attached hydrogen (secondary N) is 2. The van der Waals surface area contributed by atoms with E-state index >= 15 is 0 Å². The van der Waals surface area contributed by atoms with Gasteiger partial charge in [-0.3, -0.25) is 4.79 Å². The average Bonchev–Trinajstić information content (AvgIpc) is 2.75. The summed E-state index contributed by atoms with van der Waals surface area (Å²) >= 11 is 0. The van der Waals surface area contributed by atoms with Gasteiger partial charge in [-0.1, -0.05) is 72.8 Å². The van der Waals surface area contributed by atoms with Gasteiger partial charge in [0.1, 0.15) is 16.8 Å². The number of carbonyl (C=O) groups excluding carboxylic acids is 1. The zero-order chi connectivity index (χ0) is 21.4. The maximum absolute atomic E-state index is 14.0. The molecule has 0 saturated carbocycles. The Hall–Kier alpha value is -3.03. The van der Waals surface area contributed by atoms with E-state index in [2.05, 4.69) is 10.0 Å². The minimum absolute atomic E-state index is 0.145. The summed E-state index contributed by atoms with van der Waals surface area (Å²) in [7, 11) is -4.22. The molecule has 0 fully saturated rings. The number of hydrogen-bond donors (Lipinski definition) is 2. The number of sulfonamides is 1. The molecule has 5 nitrogen and oxygen atoms in total. The smallest absolute Gasteiger partial charge is 0.244 e. The lowest BCUT2D eigenvalue weighted by molar-refractivity contribution is -0.122. The topological polar surface area (TPSA) is 75.3 Å². The lowest BCUT2D eigenvalue weighted by Gasteiger charge is -2.19. The van der Waals surface area contributed by atoms with Crippen LogP contribution in [0.4, 0.5) is 4.39 Å². The minimum atomic E-state index is -4.22. The Balaban J connectivity index is 1.74. The molecule has 3 aromatic carbocycles. The summed E-state index contributed by atoms with van der Waals surface area (Å²) in [5, 5.41) is 2.78. The number of hydrogen-bond acceptors (Lipinski definition) is 3. The summed E-state index contributed by atoms with van der Waals surface area (Å²) in [6.07, 6.45) is 0.760. The maximum atomic E-state index is 14.0. The second kappa shape index (κ2) is 10.1. The van der Waals surface area contributed by atoms with Crippen molar-refractivity contribution in [1.82, 2.24) is 10.0 Å². The van der Waals surface area contributed by atoms with E-state index in [9.17, 15) is 17.6 Å². The molecule has 3 rings (SSSR count). The van der Waals surface area contributed by atoms with E-state index in [4.69, 9.17) is 0 Å². The van der Waals surface area contributed by atoms with Crippen molar-refractivity contribution in [2.24, 2.45) is 0 Å². The van der Waals surface area contributed by atoms with Crippen molar-refractivity contribution in [2.45, 2.75) is 23.8 Å². The van der Waals surface area contributed by atoms with Gasteiger partial charge >= 0.3 is 0 Å². The first-order valence-corrected chi connectivity index (χ1v) is 11.1. The molecule has 1 amide bonds. The Kier molecular flexibility index (Phi) is 7.32. The number of carbonyl (C=O) groups is 1. The molecule has 7 heteroatoms. The second-order valence-corrected chi connectivity index (χ2v) is 8.50. The molecule has 0 radical (unpaired) electrons. The van der Waals surface area contributed by atoms with Crippen LogP contribution in [0.1, 0.15) is 11.1 Å². The van der Waals surface area contributed by atoms with Gasteiger partial charge in [0.15, 0.2) is 0 Å². The van der Waals surface area contributed by atoms with Crippen LogP contribution in [0, 0.1) is 5.82 Å². The lowest BCUT2D eigenvalue weighted by Crippen LogP contribution is -2.48. The van der Waals surface area contributed by atoms with Crippen LogP contribution in [0.25, 0.3) is 0 Å². The number of amides is 1. The first kappa shape index (κ1) is 21.7. The molecular formula is C23H23FN2O3S. The molecule has 0 heterocycles. The maximum Gasteiger partial charge on any atom is 0.244 e. The van der Waals surface area contributed by atoms with Gasteiger partial charge in [-0.2, -0.15) is 4.72 Å². The van der Waals surface area contributed by atoms with E-state index in [1.807, 2.05) is 60.7 Å². The van der Waals surface area contributed by atoms with Gasteiger partial charge in [-0.25, -0.2) is 12.8 Å². The third-order valence-corrected chi connectivity index (χ3v) is 6.08. The average molecular weight is 427 g/mol. The van der Waals surface area contributed by atoms with Crippen molar-refractivity contribution < 1.29 is 17.6 Å². The summed E-state index contributed by atoms with van der Waals surface area (Å²) < 4.78 is 41.8. The van der Waals surface area contributed by atoms with Crippen molar-refractivity contribution in [3.63, 3.8) is 0 Å². The molecule has 30 heavy (non-hydrogen) atoms. The molecule has 0 aliphatic heterocycles. The fraction of sp³-hybridized carbons (Fsp3) is 0.174. The van der Waals surface area contributed by atoms with Gasteiger partial charge in [0.25, 0.3) is 0 Å². The third kappa shape index (κ3) is 5.98. The van der Waals surface area contributed by atoms with Crippen LogP contribution in [0.15, 0.2) is 89.8 Å². The Morgan fingerprint density at radius 3 is 2.03 bits per heavy atom. The van der Waals surface area contributed by atoms with E-state index < -0.39 is 32.7 Å². The lowest BCUT2D eigenvalue weighted by atomic mass is 10.1. The molecular weight excluding hydrogens is 403 g/mol. The minimum Gasteiger partial charge on any atom is -0.354 e. The van der Waals surface area contributed by atoms with Gasteiger partial charge in [-0.05, 0) is 36.1 Å². The van der Waals surface area contributed by atoms with E-state index in [-0.39, 0.29) is 6.42 Å². The van der Waals surface area contributed by atoms with Crippen molar-refractivity contribution in [3.05, 3.63) is 102 Å². The van der Waals surface area contributed by atoms with Gasteiger partial charge in [0.05, 0.1) is 0 Å². The molecule has 0 aromatic heterocycles. The van der Waals surface area contributed by atoms with Gasteiger partial charge in [0.2, 0.25) is 15.9 Å². The van der Waals surface area contributed by atoms with E-state index in [0.717, 1.165) is 17.2 Å².